The molecule has 0 radical (unpaired) electrons. The Kier molecular flexibility index (Phi) is 6.12. The molecule has 0 fully saturated rings. The molecule has 0 aliphatic carbocycles. The summed E-state index contributed by atoms with van der Waals surface area (Å²) in [5.41, 5.74) is 1.40. The lowest BCUT2D eigenvalue weighted by molar-refractivity contribution is 0.154. The van der Waals surface area contributed by atoms with Crippen LogP contribution in [0.4, 0.5) is 0 Å². The summed E-state index contributed by atoms with van der Waals surface area (Å²) in [4.78, 5) is 0. The van der Waals surface area contributed by atoms with Crippen molar-refractivity contribution in [1.29, 1.82) is 0 Å². The van der Waals surface area contributed by atoms with Gasteiger partial charge in [-0.25, -0.2) is 0 Å². The molecule has 0 saturated heterocycles. The van der Waals surface area contributed by atoms with Gasteiger partial charge in [-0.3, -0.25) is 0 Å². The maximum Gasteiger partial charge on any atom is 0.0621 e. The number of hydrogen-bond acceptors (Lipinski definition) is 2. The molecular weight excluding hydrogens is 198 g/mol. The molecule has 0 heterocycles. The fourth-order valence-electron chi connectivity index (χ4n) is 2.21. The van der Waals surface area contributed by atoms with E-state index in [1.807, 2.05) is 0 Å². The second-order valence-electron chi connectivity index (χ2n) is 4.04. The van der Waals surface area contributed by atoms with Gasteiger partial charge in [0.05, 0.1) is 6.61 Å². The molecule has 90 valence electrons. The Labute approximate surface area is 99.0 Å². The molecule has 0 aliphatic heterocycles. The van der Waals surface area contributed by atoms with E-state index in [-0.39, 0.29) is 0 Å². The number of benzene rings is 1. The smallest absolute Gasteiger partial charge is 0.0621 e. The van der Waals surface area contributed by atoms with Crippen LogP contribution in [-0.2, 0) is 4.74 Å². The third kappa shape index (κ3) is 3.62. The second kappa shape index (κ2) is 7.42. The summed E-state index contributed by atoms with van der Waals surface area (Å²) in [6.07, 6.45) is 1.13. The van der Waals surface area contributed by atoms with Crippen LogP contribution in [0.5, 0.6) is 0 Å². The van der Waals surface area contributed by atoms with E-state index < -0.39 is 0 Å². The van der Waals surface area contributed by atoms with Crippen LogP contribution in [0.1, 0.15) is 31.7 Å². The summed E-state index contributed by atoms with van der Waals surface area (Å²) < 4.78 is 5.30. The number of rotatable bonds is 7. The zero-order chi connectivity index (χ0) is 11.8. The molecule has 16 heavy (non-hydrogen) atoms. The largest absolute Gasteiger partial charge is 0.383 e. The molecule has 2 unspecified atom stereocenters. The fraction of sp³-hybridized carbons (Fsp3) is 0.571. The first-order valence-electron chi connectivity index (χ1n) is 6.10. The zero-order valence-electron chi connectivity index (χ0n) is 10.6. The summed E-state index contributed by atoms with van der Waals surface area (Å²) in [5.74, 6) is 0.529. The van der Waals surface area contributed by atoms with Gasteiger partial charge in [0.15, 0.2) is 0 Å². The highest BCUT2D eigenvalue weighted by molar-refractivity contribution is 5.21. The molecule has 0 aliphatic rings. The predicted molar refractivity (Wildman–Crippen MR) is 68.8 cm³/mol. The van der Waals surface area contributed by atoms with Crippen LogP contribution in [0.25, 0.3) is 0 Å². The van der Waals surface area contributed by atoms with Gasteiger partial charge in [0.25, 0.3) is 0 Å². The monoisotopic (exact) mass is 221 g/mol. The van der Waals surface area contributed by atoms with Crippen molar-refractivity contribution in [1.82, 2.24) is 5.32 Å². The van der Waals surface area contributed by atoms with Crippen LogP contribution in [0.15, 0.2) is 30.3 Å². The van der Waals surface area contributed by atoms with Crippen LogP contribution in [0.2, 0.25) is 0 Å². The van der Waals surface area contributed by atoms with E-state index in [1.165, 1.54) is 5.56 Å². The van der Waals surface area contributed by atoms with Gasteiger partial charge in [-0.2, -0.15) is 0 Å². The van der Waals surface area contributed by atoms with Crippen molar-refractivity contribution >= 4 is 0 Å². The highest BCUT2D eigenvalue weighted by Gasteiger charge is 2.20. The molecule has 1 aromatic rings. The Morgan fingerprint density at radius 3 is 2.38 bits per heavy atom. The Bertz CT molecular complexity index is 267. The van der Waals surface area contributed by atoms with E-state index in [0.29, 0.717) is 12.0 Å². The van der Waals surface area contributed by atoms with E-state index in [0.717, 1.165) is 19.6 Å². The van der Waals surface area contributed by atoms with Gasteiger partial charge < -0.3 is 10.1 Å². The third-order valence-electron chi connectivity index (χ3n) is 2.97. The van der Waals surface area contributed by atoms with Crippen molar-refractivity contribution < 1.29 is 4.74 Å². The van der Waals surface area contributed by atoms with Crippen LogP contribution in [-0.4, -0.2) is 26.3 Å². The minimum Gasteiger partial charge on any atom is -0.383 e. The summed E-state index contributed by atoms with van der Waals surface area (Å²) in [7, 11) is 1.77. The number of likely N-dealkylation sites (N-methyl/N-ethyl adjacent to an activating group) is 1. The van der Waals surface area contributed by atoms with E-state index in [9.17, 15) is 0 Å². The second-order valence-corrected chi connectivity index (χ2v) is 4.04. The maximum atomic E-state index is 5.30. The average molecular weight is 221 g/mol. The molecule has 0 saturated carbocycles. The molecule has 0 amide bonds. The van der Waals surface area contributed by atoms with Crippen LogP contribution in [0.3, 0.4) is 0 Å². The van der Waals surface area contributed by atoms with Gasteiger partial charge in [-0.15, -0.1) is 0 Å². The summed E-state index contributed by atoms with van der Waals surface area (Å²) in [6, 6.07) is 11.1. The summed E-state index contributed by atoms with van der Waals surface area (Å²) >= 11 is 0. The molecule has 2 nitrogen and oxygen atoms in total. The topological polar surface area (TPSA) is 21.3 Å². The molecule has 1 rings (SSSR count). The number of nitrogens with one attached hydrogen (secondary N) is 1. The highest BCUT2D eigenvalue weighted by Crippen LogP contribution is 2.23. The first-order valence-corrected chi connectivity index (χ1v) is 6.10. The Morgan fingerprint density at radius 2 is 1.88 bits per heavy atom. The van der Waals surface area contributed by atoms with Crippen molar-refractivity contribution in [2.24, 2.45) is 0 Å². The number of hydrogen-bond donors (Lipinski definition) is 1. The van der Waals surface area contributed by atoms with Gasteiger partial charge in [0.1, 0.15) is 0 Å². The standard InChI is InChI=1S/C14H23NO/c1-4-13(12-9-7-6-8-10-12)14(11-16-3)15-5-2/h6-10,13-15H,4-5,11H2,1-3H3. The number of methoxy groups -OCH3 is 1. The molecule has 1 aromatic carbocycles. The lowest BCUT2D eigenvalue weighted by Gasteiger charge is -2.26. The summed E-state index contributed by atoms with van der Waals surface area (Å²) in [6.45, 7) is 6.12. The fourth-order valence-corrected chi connectivity index (χ4v) is 2.21. The van der Waals surface area contributed by atoms with Gasteiger partial charge in [0.2, 0.25) is 0 Å². The van der Waals surface area contributed by atoms with Crippen molar-refractivity contribution in [3.05, 3.63) is 35.9 Å². The van der Waals surface area contributed by atoms with E-state index in [4.69, 9.17) is 4.74 Å². The predicted octanol–water partition coefficient (Wildman–Crippen LogP) is 2.80. The van der Waals surface area contributed by atoms with Gasteiger partial charge in [0, 0.05) is 19.1 Å². The number of ether oxygens (including phenoxy) is 1. The highest BCUT2D eigenvalue weighted by atomic mass is 16.5. The maximum absolute atomic E-state index is 5.30. The van der Waals surface area contributed by atoms with E-state index in [2.05, 4.69) is 49.5 Å². The van der Waals surface area contributed by atoms with Crippen molar-refractivity contribution in [3.63, 3.8) is 0 Å². The van der Waals surface area contributed by atoms with Gasteiger partial charge in [-0.1, -0.05) is 44.2 Å². The molecule has 1 N–H and O–H groups in total. The molecular formula is C14H23NO. The third-order valence-corrected chi connectivity index (χ3v) is 2.97. The summed E-state index contributed by atoms with van der Waals surface area (Å²) in [5, 5.41) is 3.51. The van der Waals surface area contributed by atoms with E-state index >= 15 is 0 Å². The minimum absolute atomic E-state index is 0.405. The van der Waals surface area contributed by atoms with E-state index in [1.54, 1.807) is 7.11 Å². The average Bonchev–Trinajstić information content (AvgIpc) is 2.32. The SMILES string of the molecule is CCNC(COC)C(CC)c1ccccc1. The lowest BCUT2D eigenvalue weighted by Crippen LogP contribution is -2.38. The van der Waals surface area contributed by atoms with Crippen molar-refractivity contribution in [3.8, 4) is 0 Å². The van der Waals surface area contributed by atoms with Crippen molar-refractivity contribution in [2.45, 2.75) is 32.2 Å². The minimum atomic E-state index is 0.405. The first-order chi connectivity index (χ1) is 7.83. The quantitative estimate of drug-likeness (QED) is 0.764. The van der Waals surface area contributed by atoms with Crippen LogP contribution < -0.4 is 5.32 Å². The first kappa shape index (κ1) is 13.2. The van der Waals surface area contributed by atoms with Crippen LogP contribution >= 0.6 is 0 Å². The zero-order valence-corrected chi connectivity index (χ0v) is 10.6. The Morgan fingerprint density at radius 1 is 1.19 bits per heavy atom. The van der Waals surface area contributed by atoms with Crippen LogP contribution in [0, 0.1) is 0 Å². The molecule has 0 bridgehead atoms. The molecule has 0 aromatic heterocycles. The van der Waals surface area contributed by atoms with Gasteiger partial charge >= 0.3 is 0 Å². The van der Waals surface area contributed by atoms with Gasteiger partial charge in [-0.05, 0) is 18.5 Å². The molecule has 2 heteroatoms. The Balaban J connectivity index is 2.77. The molecule has 0 spiro atoms. The Hall–Kier alpha value is -0.860. The lowest BCUT2D eigenvalue weighted by atomic mass is 9.89. The normalized spacial score (nSPS) is 14.7. The molecule has 2 atom stereocenters. The van der Waals surface area contributed by atoms with Crippen molar-refractivity contribution in [2.75, 3.05) is 20.3 Å².